The average molecular weight is 411 g/mol. The third-order valence-corrected chi connectivity index (χ3v) is 6.09. The van der Waals surface area contributed by atoms with Gasteiger partial charge in [-0.3, -0.25) is 9.13 Å². The van der Waals surface area contributed by atoms with E-state index in [-0.39, 0.29) is 0 Å². The molecular weight excluding hydrogens is 394 g/mol. The SMILES string of the molecule is c1ccc2c(c1)c1cccnc1n2-c1ccc(-n2c3ccccc3c3cccnc32)nc1. The van der Waals surface area contributed by atoms with Crippen LogP contribution < -0.4 is 0 Å². The van der Waals surface area contributed by atoms with E-state index >= 15 is 0 Å². The lowest BCUT2D eigenvalue weighted by Gasteiger charge is -2.09. The van der Waals surface area contributed by atoms with Crippen molar-refractivity contribution in [1.82, 2.24) is 24.1 Å². The summed E-state index contributed by atoms with van der Waals surface area (Å²) in [6, 6.07) is 29.1. The van der Waals surface area contributed by atoms with Crippen molar-refractivity contribution in [3.8, 4) is 11.5 Å². The molecule has 0 saturated heterocycles. The molecule has 0 N–H and O–H groups in total. The molecule has 5 heterocycles. The molecule has 5 heteroatoms. The molecular formula is C27H17N5. The van der Waals surface area contributed by atoms with Gasteiger partial charge in [-0.15, -0.1) is 0 Å². The van der Waals surface area contributed by atoms with E-state index in [0.717, 1.165) is 44.6 Å². The summed E-state index contributed by atoms with van der Waals surface area (Å²) in [5.41, 5.74) is 5.04. The highest BCUT2D eigenvalue weighted by Crippen LogP contribution is 2.32. The third kappa shape index (κ3) is 2.30. The second-order valence-electron chi connectivity index (χ2n) is 7.83. The fourth-order valence-corrected chi connectivity index (χ4v) is 4.73. The zero-order chi connectivity index (χ0) is 21.1. The topological polar surface area (TPSA) is 48.5 Å². The van der Waals surface area contributed by atoms with Crippen LogP contribution in [0.1, 0.15) is 0 Å². The Hall–Kier alpha value is -4.51. The minimum absolute atomic E-state index is 0.840. The van der Waals surface area contributed by atoms with Crippen molar-refractivity contribution in [1.29, 1.82) is 0 Å². The zero-order valence-electron chi connectivity index (χ0n) is 17.1. The first-order chi connectivity index (χ1) is 15.9. The van der Waals surface area contributed by atoms with Crippen molar-refractivity contribution in [2.45, 2.75) is 0 Å². The molecule has 0 aliphatic carbocycles. The smallest absolute Gasteiger partial charge is 0.146 e. The van der Waals surface area contributed by atoms with E-state index in [1.165, 1.54) is 10.8 Å². The number of hydrogen-bond acceptors (Lipinski definition) is 3. The second kappa shape index (κ2) is 6.49. The van der Waals surface area contributed by atoms with Crippen LogP contribution in [-0.4, -0.2) is 24.1 Å². The zero-order valence-corrected chi connectivity index (χ0v) is 17.1. The number of rotatable bonds is 2. The minimum atomic E-state index is 0.840. The molecule has 150 valence electrons. The standard InChI is InChI=1S/C27H17N5/c1-3-11-23-19(7-1)21-9-5-15-28-26(21)31(23)18-13-14-25(30-17-18)32-24-12-4-2-8-20(24)22-10-6-16-29-27(22)32/h1-17H. The Morgan fingerprint density at radius 3 is 1.66 bits per heavy atom. The number of fused-ring (bicyclic) bond motifs is 6. The Kier molecular flexibility index (Phi) is 3.49. The van der Waals surface area contributed by atoms with Crippen molar-refractivity contribution >= 4 is 43.9 Å². The molecule has 2 aromatic carbocycles. The van der Waals surface area contributed by atoms with Crippen LogP contribution in [0.5, 0.6) is 0 Å². The minimum Gasteiger partial charge on any atom is -0.292 e. The van der Waals surface area contributed by atoms with Gasteiger partial charge in [-0.1, -0.05) is 36.4 Å². The highest BCUT2D eigenvalue weighted by Gasteiger charge is 2.15. The lowest BCUT2D eigenvalue weighted by molar-refractivity contribution is 1.03. The van der Waals surface area contributed by atoms with Crippen molar-refractivity contribution in [3.05, 3.63) is 104 Å². The molecule has 0 spiro atoms. The Morgan fingerprint density at radius 1 is 0.469 bits per heavy atom. The van der Waals surface area contributed by atoms with Gasteiger partial charge in [-0.2, -0.15) is 0 Å². The van der Waals surface area contributed by atoms with Crippen molar-refractivity contribution in [3.63, 3.8) is 0 Å². The molecule has 0 aliphatic rings. The number of aromatic nitrogens is 5. The molecule has 0 fully saturated rings. The first kappa shape index (κ1) is 17.2. The largest absolute Gasteiger partial charge is 0.292 e. The fraction of sp³-hybridized carbons (Fsp3) is 0. The van der Waals surface area contributed by atoms with Gasteiger partial charge in [-0.25, -0.2) is 15.0 Å². The maximum absolute atomic E-state index is 4.87. The Morgan fingerprint density at radius 2 is 1.03 bits per heavy atom. The van der Waals surface area contributed by atoms with E-state index in [9.17, 15) is 0 Å². The van der Waals surface area contributed by atoms with Gasteiger partial charge in [0.1, 0.15) is 17.1 Å². The van der Waals surface area contributed by atoms with Crippen molar-refractivity contribution < 1.29 is 0 Å². The number of hydrogen-bond donors (Lipinski definition) is 0. The fourth-order valence-electron chi connectivity index (χ4n) is 4.73. The van der Waals surface area contributed by atoms with Crippen LogP contribution in [0.3, 0.4) is 0 Å². The second-order valence-corrected chi connectivity index (χ2v) is 7.83. The van der Waals surface area contributed by atoms with E-state index < -0.39 is 0 Å². The van der Waals surface area contributed by atoms with Crippen LogP contribution in [-0.2, 0) is 0 Å². The predicted octanol–water partition coefficient (Wildman–Crippen LogP) is 6.07. The molecule has 0 saturated carbocycles. The number of pyridine rings is 3. The monoisotopic (exact) mass is 411 g/mol. The van der Waals surface area contributed by atoms with Gasteiger partial charge in [0.2, 0.25) is 0 Å². The predicted molar refractivity (Wildman–Crippen MR) is 129 cm³/mol. The molecule has 0 aliphatic heterocycles. The Balaban J connectivity index is 1.47. The molecule has 0 bridgehead atoms. The van der Waals surface area contributed by atoms with Gasteiger partial charge in [0.05, 0.1) is 22.9 Å². The number of para-hydroxylation sites is 2. The Labute approximate surface area is 183 Å². The summed E-state index contributed by atoms with van der Waals surface area (Å²) < 4.78 is 4.30. The summed E-state index contributed by atoms with van der Waals surface area (Å²) in [6.45, 7) is 0. The van der Waals surface area contributed by atoms with Gasteiger partial charge in [0.25, 0.3) is 0 Å². The quantitative estimate of drug-likeness (QED) is 0.347. The molecule has 5 aromatic heterocycles. The lowest BCUT2D eigenvalue weighted by Crippen LogP contribution is -2.01. The molecule has 7 aromatic rings. The summed E-state index contributed by atoms with van der Waals surface area (Å²) >= 11 is 0. The van der Waals surface area contributed by atoms with E-state index in [4.69, 9.17) is 4.98 Å². The maximum atomic E-state index is 4.87. The van der Waals surface area contributed by atoms with Crippen LogP contribution in [0.2, 0.25) is 0 Å². The summed E-state index contributed by atoms with van der Waals surface area (Å²) in [5.74, 6) is 0.840. The summed E-state index contributed by atoms with van der Waals surface area (Å²) in [4.78, 5) is 14.2. The first-order valence-electron chi connectivity index (χ1n) is 10.6. The average Bonchev–Trinajstić information content (AvgIpc) is 3.38. The number of benzene rings is 2. The third-order valence-electron chi connectivity index (χ3n) is 6.09. The van der Waals surface area contributed by atoms with Crippen LogP contribution in [0, 0.1) is 0 Å². The van der Waals surface area contributed by atoms with Gasteiger partial charge < -0.3 is 0 Å². The lowest BCUT2D eigenvalue weighted by atomic mass is 10.2. The highest BCUT2D eigenvalue weighted by atomic mass is 15.1. The van der Waals surface area contributed by atoms with Gasteiger partial charge in [0, 0.05) is 33.9 Å². The summed E-state index contributed by atoms with van der Waals surface area (Å²) in [5, 5.41) is 4.62. The van der Waals surface area contributed by atoms with Crippen LogP contribution in [0.25, 0.3) is 55.4 Å². The maximum Gasteiger partial charge on any atom is 0.146 e. The van der Waals surface area contributed by atoms with Crippen LogP contribution in [0.4, 0.5) is 0 Å². The molecule has 5 nitrogen and oxygen atoms in total. The molecule has 0 radical (unpaired) electrons. The summed E-state index contributed by atoms with van der Waals surface area (Å²) in [6.07, 6.45) is 5.58. The highest BCUT2D eigenvalue weighted by molar-refractivity contribution is 6.08. The van der Waals surface area contributed by atoms with E-state index in [2.05, 4.69) is 91.9 Å². The number of nitrogens with zero attached hydrogens (tertiary/aromatic N) is 5. The van der Waals surface area contributed by atoms with E-state index in [1.807, 2.05) is 30.7 Å². The van der Waals surface area contributed by atoms with Crippen LogP contribution in [0.15, 0.2) is 104 Å². The Bertz CT molecular complexity index is 1530. The van der Waals surface area contributed by atoms with Crippen molar-refractivity contribution in [2.75, 3.05) is 0 Å². The van der Waals surface area contributed by atoms with E-state index in [0.29, 0.717) is 0 Å². The molecule has 0 atom stereocenters. The first-order valence-corrected chi connectivity index (χ1v) is 10.6. The normalized spacial score (nSPS) is 11.8. The van der Waals surface area contributed by atoms with Gasteiger partial charge >= 0.3 is 0 Å². The van der Waals surface area contributed by atoms with Gasteiger partial charge in [-0.05, 0) is 48.5 Å². The summed E-state index contributed by atoms with van der Waals surface area (Å²) in [7, 11) is 0. The van der Waals surface area contributed by atoms with Crippen molar-refractivity contribution in [2.24, 2.45) is 0 Å². The molecule has 0 amide bonds. The van der Waals surface area contributed by atoms with Crippen LogP contribution >= 0.6 is 0 Å². The molecule has 0 unspecified atom stereocenters. The van der Waals surface area contributed by atoms with E-state index in [1.54, 1.807) is 0 Å². The molecule has 32 heavy (non-hydrogen) atoms. The molecule has 7 rings (SSSR count). The van der Waals surface area contributed by atoms with Gasteiger partial charge in [0.15, 0.2) is 0 Å².